The van der Waals surface area contributed by atoms with Crippen LogP contribution >= 0.6 is 0 Å². The lowest BCUT2D eigenvalue weighted by Gasteiger charge is -2.36. The van der Waals surface area contributed by atoms with Crippen molar-refractivity contribution in [2.24, 2.45) is 0 Å². The van der Waals surface area contributed by atoms with E-state index < -0.39 is 0 Å². The maximum atomic E-state index is 11.4. The minimum atomic E-state index is -0.251. The number of ether oxygens (including phenoxy) is 2. The van der Waals surface area contributed by atoms with Crippen LogP contribution in [0.4, 0.5) is 0 Å². The predicted molar refractivity (Wildman–Crippen MR) is 131 cm³/mol. The van der Waals surface area contributed by atoms with E-state index in [9.17, 15) is 9.90 Å². The summed E-state index contributed by atoms with van der Waals surface area (Å²) in [5, 5.41) is 9.81. The Morgan fingerprint density at radius 2 is 1.72 bits per heavy atom. The molecule has 4 heteroatoms. The highest BCUT2D eigenvalue weighted by Gasteiger charge is 2.31. The number of rotatable bonds is 10. The summed E-state index contributed by atoms with van der Waals surface area (Å²) in [6.45, 7) is 10.4. The summed E-state index contributed by atoms with van der Waals surface area (Å²) < 4.78 is 11.1. The molecule has 4 nitrogen and oxygen atoms in total. The van der Waals surface area contributed by atoms with Crippen molar-refractivity contribution in [3.63, 3.8) is 0 Å². The number of hydrogen-bond acceptors (Lipinski definition) is 4. The Morgan fingerprint density at radius 1 is 1.09 bits per heavy atom. The number of esters is 1. The van der Waals surface area contributed by atoms with Crippen LogP contribution < -0.4 is 4.74 Å². The number of hydrogen-bond donors (Lipinski definition) is 1. The van der Waals surface area contributed by atoms with Crippen molar-refractivity contribution in [2.45, 2.75) is 91.6 Å². The van der Waals surface area contributed by atoms with Gasteiger partial charge in [0.25, 0.3) is 0 Å². The molecule has 0 radical (unpaired) electrons. The molecule has 1 aromatic carbocycles. The SMILES string of the molecule is COC(=O)C(C)=CCCC(C)=CCCC(C)=CCCC1(C)CCc2cc(O)cc(C)c2O1. The van der Waals surface area contributed by atoms with E-state index >= 15 is 0 Å². The third-order valence-corrected chi connectivity index (χ3v) is 6.30. The molecule has 32 heavy (non-hydrogen) atoms. The summed E-state index contributed by atoms with van der Waals surface area (Å²) in [7, 11) is 1.41. The van der Waals surface area contributed by atoms with Crippen molar-refractivity contribution in [1.82, 2.24) is 0 Å². The molecule has 0 bridgehead atoms. The second-order valence-electron chi connectivity index (χ2n) is 9.40. The molecule has 2 rings (SSSR count). The molecule has 0 aliphatic carbocycles. The van der Waals surface area contributed by atoms with Crippen LogP contribution in [0.1, 0.15) is 83.8 Å². The highest BCUT2D eigenvalue weighted by molar-refractivity contribution is 5.87. The molecule has 1 aliphatic heterocycles. The van der Waals surface area contributed by atoms with Gasteiger partial charge < -0.3 is 14.6 Å². The Bertz CT molecular complexity index is 891. The lowest BCUT2D eigenvalue weighted by molar-refractivity contribution is -0.136. The number of aryl methyl sites for hydroxylation is 2. The smallest absolute Gasteiger partial charge is 0.333 e. The quantitative estimate of drug-likeness (QED) is 0.239. The van der Waals surface area contributed by atoms with Crippen molar-refractivity contribution < 1.29 is 19.4 Å². The number of carbonyl (C=O) groups is 1. The van der Waals surface area contributed by atoms with Gasteiger partial charge in [0, 0.05) is 5.57 Å². The predicted octanol–water partition coefficient (Wildman–Crippen LogP) is 7.14. The van der Waals surface area contributed by atoms with Crippen molar-refractivity contribution in [3.8, 4) is 11.5 Å². The molecule has 1 aromatic rings. The first-order valence-electron chi connectivity index (χ1n) is 11.7. The molecule has 0 saturated heterocycles. The molecular formula is C28H40O4. The van der Waals surface area contributed by atoms with Gasteiger partial charge in [-0.25, -0.2) is 4.79 Å². The van der Waals surface area contributed by atoms with Crippen molar-refractivity contribution in [2.75, 3.05) is 7.11 Å². The minimum Gasteiger partial charge on any atom is -0.508 e. The highest BCUT2D eigenvalue weighted by Crippen LogP contribution is 2.39. The van der Waals surface area contributed by atoms with Crippen molar-refractivity contribution >= 4 is 5.97 Å². The third kappa shape index (κ3) is 7.89. The zero-order valence-electron chi connectivity index (χ0n) is 20.7. The molecule has 1 unspecified atom stereocenters. The molecule has 0 saturated carbocycles. The number of methoxy groups -OCH3 is 1. The first kappa shape index (κ1) is 25.8. The number of phenols is 1. The second kappa shape index (κ2) is 11.9. The molecule has 1 heterocycles. The van der Waals surface area contributed by atoms with Crippen LogP contribution in [0.15, 0.2) is 47.1 Å². The fourth-order valence-corrected chi connectivity index (χ4v) is 4.17. The van der Waals surface area contributed by atoms with Crippen LogP contribution in [0.2, 0.25) is 0 Å². The van der Waals surface area contributed by atoms with Gasteiger partial charge in [0.1, 0.15) is 17.1 Å². The summed E-state index contributed by atoms with van der Waals surface area (Å²) in [6, 6.07) is 3.61. The van der Waals surface area contributed by atoms with E-state index in [0.717, 1.165) is 68.2 Å². The summed E-state index contributed by atoms with van der Waals surface area (Å²) in [5.74, 6) is 1.03. The van der Waals surface area contributed by atoms with Crippen LogP contribution in [0.3, 0.4) is 0 Å². The normalized spacial score (nSPS) is 19.4. The third-order valence-electron chi connectivity index (χ3n) is 6.30. The monoisotopic (exact) mass is 440 g/mol. The van der Waals surface area contributed by atoms with Gasteiger partial charge in [-0.15, -0.1) is 0 Å². The van der Waals surface area contributed by atoms with Crippen molar-refractivity contribution in [3.05, 3.63) is 58.2 Å². The number of allylic oxidation sites excluding steroid dienone is 5. The number of fused-ring (bicyclic) bond motifs is 1. The van der Waals surface area contributed by atoms with Gasteiger partial charge in [-0.2, -0.15) is 0 Å². The zero-order chi connectivity index (χ0) is 23.7. The Balaban J connectivity index is 1.76. The molecule has 0 fully saturated rings. The standard InChI is InChI=1S/C28H40O4/c1-20(12-8-14-22(3)27(30)31-6)10-7-11-21(2)13-9-16-28(5)17-15-24-19-25(29)18-23(4)26(24)32-28/h10,13-14,18-19,29H,7-9,11-12,15-17H2,1-6H3. The lowest BCUT2D eigenvalue weighted by atomic mass is 9.87. The first-order chi connectivity index (χ1) is 15.1. The van der Waals surface area contributed by atoms with Gasteiger partial charge in [0.15, 0.2) is 0 Å². The fraction of sp³-hybridized carbons (Fsp3) is 0.536. The van der Waals surface area contributed by atoms with E-state index in [1.54, 1.807) is 13.0 Å². The minimum absolute atomic E-state index is 0.155. The van der Waals surface area contributed by atoms with Crippen LogP contribution in [0, 0.1) is 6.92 Å². The molecule has 0 aromatic heterocycles. The van der Waals surface area contributed by atoms with E-state index in [2.05, 4.69) is 32.9 Å². The molecule has 176 valence electrons. The average molecular weight is 441 g/mol. The average Bonchev–Trinajstić information content (AvgIpc) is 2.73. The number of aromatic hydroxyl groups is 1. The lowest BCUT2D eigenvalue weighted by Crippen LogP contribution is -2.36. The van der Waals surface area contributed by atoms with E-state index in [4.69, 9.17) is 9.47 Å². The van der Waals surface area contributed by atoms with E-state index in [-0.39, 0.29) is 11.6 Å². The second-order valence-corrected chi connectivity index (χ2v) is 9.40. The number of benzene rings is 1. The number of carbonyl (C=O) groups excluding carboxylic acids is 1. The Morgan fingerprint density at radius 3 is 2.38 bits per heavy atom. The molecule has 1 N–H and O–H groups in total. The summed E-state index contributed by atoms with van der Waals surface area (Å²) in [4.78, 5) is 11.4. The van der Waals surface area contributed by atoms with E-state index in [1.165, 1.54) is 18.3 Å². The maximum Gasteiger partial charge on any atom is 0.333 e. The van der Waals surface area contributed by atoms with Gasteiger partial charge in [-0.1, -0.05) is 29.4 Å². The van der Waals surface area contributed by atoms with Crippen LogP contribution in [0.25, 0.3) is 0 Å². The molecule has 0 amide bonds. The van der Waals surface area contributed by atoms with Crippen LogP contribution in [-0.4, -0.2) is 23.8 Å². The molecule has 0 spiro atoms. The van der Waals surface area contributed by atoms with E-state index in [1.807, 2.05) is 19.1 Å². The first-order valence-corrected chi connectivity index (χ1v) is 11.7. The fourth-order valence-electron chi connectivity index (χ4n) is 4.17. The highest BCUT2D eigenvalue weighted by atomic mass is 16.5. The Labute approximate surface area is 194 Å². The Kier molecular flexibility index (Phi) is 9.61. The van der Waals surface area contributed by atoms with E-state index in [0.29, 0.717) is 11.3 Å². The van der Waals surface area contributed by atoms with Crippen LogP contribution in [0.5, 0.6) is 11.5 Å². The topological polar surface area (TPSA) is 55.8 Å². The van der Waals surface area contributed by atoms with Gasteiger partial charge in [0.2, 0.25) is 0 Å². The van der Waals surface area contributed by atoms with Gasteiger partial charge in [-0.05, 0) is 109 Å². The maximum absolute atomic E-state index is 11.4. The summed E-state index contributed by atoms with van der Waals surface area (Å²) in [6.07, 6.45) is 14.4. The molecule has 1 aliphatic rings. The summed E-state index contributed by atoms with van der Waals surface area (Å²) in [5.41, 5.74) is 5.41. The van der Waals surface area contributed by atoms with Gasteiger partial charge in [0.05, 0.1) is 7.11 Å². The number of phenolic OH excluding ortho intramolecular Hbond substituents is 1. The summed E-state index contributed by atoms with van der Waals surface area (Å²) >= 11 is 0. The Hall–Kier alpha value is -2.49. The van der Waals surface area contributed by atoms with Gasteiger partial charge >= 0.3 is 5.97 Å². The largest absolute Gasteiger partial charge is 0.508 e. The van der Waals surface area contributed by atoms with Gasteiger partial charge in [-0.3, -0.25) is 0 Å². The molecule has 1 atom stereocenters. The van der Waals surface area contributed by atoms with Crippen molar-refractivity contribution in [1.29, 1.82) is 0 Å². The zero-order valence-corrected chi connectivity index (χ0v) is 20.7. The molecular weight excluding hydrogens is 400 g/mol. The van der Waals surface area contributed by atoms with Crippen LogP contribution in [-0.2, 0) is 16.0 Å².